The first-order valence-corrected chi connectivity index (χ1v) is 9.08. The van der Waals surface area contributed by atoms with Crippen molar-refractivity contribution >= 4 is 35.5 Å². The number of nitrogens with zero attached hydrogens (tertiary/aromatic N) is 1. The Balaban J connectivity index is 1.97. The van der Waals surface area contributed by atoms with E-state index in [1.807, 2.05) is 0 Å². The van der Waals surface area contributed by atoms with Crippen molar-refractivity contribution in [2.75, 3.05) is 14.2 Å². The van der Waals surface area contributed by atoms with Crippen LogP contribution in [0.25, 0.3) is 6.08 Å². The maximum Gasteiger partial charge on any atom is 0.363 e. The van der Waals surface area contributed by atoms with Crippen molar-refractivity contribution in [1.29, 1.82) is 0 Å². The minimum Gasteiger partial charge on any atom is -0.493 e. The van der Waals surface area contributed by atoms with Gasteiger partial charge in [0.05, 0.1) is 14.2 Å². The van der Waals surface area contributed by atoms with Crippen LogP contribution >= 0.6 is 11.6 Å². The summed E-state index contributed by atoms with van der Waals surface area (Å²) in [6, 6.07) is 10.00. The molecule has 0 bridgehead atoms. The van der Waals surface area contributed by atoms with Gasteiger partial charge in [0.15, 0.2) is 17.2 Å². The minimum absolute atomic E-state index is 0.109. The van der Waals surface area contributed by atoms with Crippen molar-refractivity contribution in [2.24, 2.45) is 4.99 Å². The van der Waals surface area contributed by atoms with Gasteiger partial charge in [-0.25, -0.2) is 9.79 Å². The van der Waals surface area contributed by atoms with Crippen LogP contribution in [0, 0.1) is 0 Å². The number of benzene rings is 2. The molecule has 29 heavy (non-hydrogen) atoms. The number of esters is 2. The third-order valence-electron chi connectivity index (χ3n) is 4.00. The zero-order valence-electron chi connectivity index (χ0n) is 16.0. The average molecular weight is 416 g/mol. The van der Waals surface area contributed by atoms with Crippen molar-refractivity contribution < 1.29 is 28.5 Å². The summed E-state index contributed by atoms with van der Waals surface area (Å²) in [5.74, 6) is -0.0927. The Hall–Kier alpha value is -3.32. The van der Waals surface area contributed by atoms with Crippen LogP contribution in [-0.4, -0.2) is 32.1 Å². The first-order valence-electron chi connectivity index (χ1n) is 8.70. The van der Waals surface area contributed by atoms with E-state index in [2.05, 4.69) is 4.99 Å². The Morgan fingerprint density at radius 3 is 2.31 bits per heavy atom. The molecule has 0 saturated heterocycles. The van der Waals surface area contributed by atoms with E-state index in [9.17, 15) is 9.59 Å². The molecule has 1 aliphatic heterocycles. The lowest BCUT2D eigenvalue weighted by Gasteiger charge is -2.13. The first-order chi connectivity index (χ1) is 13.9. The van der Waals surface area contributed by atoms with Crippen LogP contribution in [0.1, 0.15) is 24.5 Å². The molecule has 150 valence electrons. The molecule has 0 fully saturated rings. The number of ether oxygens (including phenoxy) is 4. The van der Waals surface area contributed by atoms with Crippen LogP contribution in [0.3, 0.4) is 0 Å². The van der Waals surface area contributed by atoms with Gasteiger partial charge in [0, 0.05) is 17.0 Å². The van der Waals surface area contributed by atoms with Crippen LogP contribution < -0.4 is 14.2 Å². The normalized spacial score (nSPS) is 14.4. The highest BCUT2D eigenvalue weighted by molar-refractivity contribution is 6.30. The van der Waals surface area contributed by atoms with E-state index >= 15 is 0 Å². The zero-order chi connectivity index (χ0) is 21.0. The number of aliphatic imine (C=N–C) groups is 1. The molecule has 0 aromatic heterocycles. The van der Waals surface area contributed by atoms with Crippen LogP contribution in [0.15, 0.2) is 47.1 Å². The van der Waals surface area contributed by atoms with Crippen molar-refractivity contribution in [3.8, 4) is 17.2 Å². The number of rotatable bonds is 6. The number of cyclic esters (lactones) is 1. The fraction of sp³-hybridized carbons (Fsp3) is 0.190. The zero-order valence-corrected chi connectivity index (χ0v) is 16.8. The second-order valence-corrected chi connectivity index (χ2v) is 6.36. The fourth-order valence-corrected chi connectivity index (χ4v) is 2.68. The Morgan fingerprint density at radius 1 is 1.14 bits per heavy atom. The van der Waals surface area contributed by atoms with Gasteiger partial charge in [-0.1, -0.05) is 18.5 Å². The van der Waals surface area contributed by atoms with Gasteiger partial charge in [-0.15, -0.1) is 0 Å². The third-order valence-corrected chi connectivity index (χ3v) is 4.25. The number of methoxy groups -OCH3 is 2. The standard InChI is InChI=1S/C21H18ClNO6/c1-4-18(24)28-19-16(26-2)10-12(11-17(19)27-3)9-15-21(25)29-20(23-15)13-5-7-14(22)8-6-13/h5-11H,4H2,1-3H3. The first kappa shape index (κ1) is 20.4. The smallest absolute Gasteiger partial charge is 0.363 e. The van der Waals surface area contributed by atoms with E-state index in [1.54, 1.807) is 43.3 Å². The summed E-state index contributed by atoms with van der Waals surface area (Å²) in [5.41, 5.74) is 1.29. The second kappa shape index (κ2) is 8.79. The number of carbonyl (C=O) groups excluding carboxylic acids is 2. The van der Waals surface area contributed by atoms with E-state index < -0.39 is 11.9 Å². The molecule has 0 atom stereocenters. The highest BCUT2D eigenvalue weighted by atomic mass is 35.5. The van der Waals surface area contributed by atoms with Crippen LogP contribution in [0.5, 0.6) is 17.2 Å². The van der Waals surface area contributed by atoms with Gasteiger partial charge >= 0.3 is 11.9 Å². The summed E-state index contributed by atoms with van der Waals surface area (Å²) in [7, 11) is 2.88. The fourth-order valence-electron chi connectivity index (χ4n) is 2.55. The quantitative estimate of drug-likeness (QED) is 0.402. The summed E-state index contributed by atoms with van der Waals surface area (Å²) in [5, 5.41) is 0.567. The minimum atomic E-state index is -0.589. The van der Waals surface area contributed by atoms with Crippen LogP contribution in [0.2, 0.25) is 5.02 Å². The van der Waals surface area contributed by atoms with E-state index in [0.717, 1.165) is 0 Å². The summed E-state index contributed by atoms with van der Waals surface area (Å²) in [6.07, 6.45) is 1.73. The number of carbonyl (C=O) groups is 2. The summed E-state index contributed by atoms with van der Waals surface area (Å²) >= 11 is 5.88. The van der Waals surface area contributed by atoms with Gasteiger partial charge in [-0.2, -0.15) is 0 Å². The van der Waals surface area contributed by atoms with Gasteiger partial charge in [0.1, 0.15) is 0 Å². The van der Waals surface area contributed by atoms with Gasteiger partial charge < -0.3 is 18.9 Å². The predicted molar refractivity (Wildman–Crippen MR) is 108 cm³/mol. The molecule has 0 aliphatic carbocycles. The average Bonchev–Trinajstić information content (AvgIpc) is 3.09. The number of halogens is 1. The van der Waals surface area contributed by atoms with Gasteiger partial charge in [0.2, 0.25) is 11.6 Å². The Morgan fingerprint density at radius 2 is 1.76 bits per heavy atom. The molecule has 7 nitrogen and oxygen atoms in total. The third kappa shape index (κ3) is 4.57. The van der Waals surface area contributed by atoms with Crippen molar-refractivity contribution in [1.82, 2.24) is 0 Å². The SMILES string of the molecule is CCC(=O)Oc1c(OC)cc(C=C2N=C(c3ccc(Cl)cc3)OC2=O)cc1OC. The molecule has 8 heteroatoms. The Kier molecular flexibility index (Phi) is 6.19. The summed E-state index contributed by atoms with van der Waals surface area (Å²) in [4.78, 5) is 28.2. The van der Waals surface area contributed by atoms with E-state index in [0.29, 0.717) is 16.1 Å². The van der Waals surface area contributed by atoms with Gasteiger partial charge in [-0.3, -0.25) is 4.79 Å². The molecule has 0 amide bonds. The highest BCUT2D eigenvalue weighted by Crippen LogP contribution is 2.39. The maximum absolute atomic E-state index is 12.2. The molecule has 2 aromatic rings. The molecule has 3 rings (SSSR count). The molecule has 0 saturated carbocycles. The molecule has 0 radical (unpaired) electrons. The number of hydrogen-bond acceptors (Lipinski definition) is 7. The monoisotopic (exact) mass is 415 g/mol. The molecule has 2 aromatic carbocycles. The Labute approximate surface area is 172 Å². The second-order valence-electron chi connectivity index (χ2n) is 5.93. The van der Waals surface area contributed by atoms with Gasteiger partial charge in [-0.05, 0) is 48.0 Å². The topological polar surface area (TPSA) is 83.4 Å². The number of hydrogen-bond donors (Lipinski definition) is 0. The summed E-state index contributed by atoms with van der Waals surface area (Å²) < 4.78 is 21.2. The van der Waals surface area contributed by atoms with Crippen molar-refractivity contribution in [3.05, 3.63) is 58.2 Å². The van der Waals surface area contributed by atoms with Gasteiger partial charge in [0.25, 0.3) is 0 Å². The maximum atomic E-state index is 12.2. The molecule has 0 N–H and O–H groups in total. The molecule has 1 aliphatic rings. The lowest BCUT2D eigenvalue weighted by Crippen LogP contribution is -2.08. The van der Waals surface area contributed by atoms with Crippen molar-refractivity contribution in [2.45, 2.75) is 13.3 Å². The lowest BCUT2D eigenvalue weighted by molar-refractivity contribution is -0.134. The van der Waals surface area contributed by atoms with E-state index in [1.165, 1.54) is 20.3 Å². The molecular weight excluding hydrogens is 398 g/mol. The predicted octanol–water partition coefficient (Wildman–Crippen LogP) is 4.02. The largest absolute Gasteiger partial charge is 0.493 e. The van der Waals surface area contributed by atoms with Crippen molar-refractivity contribution in [3.63, 3.8) is 0 Å². The molecule has 1 heterocycles. The lowest BCUT2D eigenvalue weighted by atomic mass is 10.1. The summed E-state index contributed by atoms with van der Waals surface area (Å²) in [6.45, 7) is 1.68. The molecular formula is C21H18ClNO6. The van der Waals surface area contributed by atoms with Crippen LogP contribution in [-0.2, 0) is 14.3 Å². The Bertz CT molecular complexity index is 985. The highest BCUT2D eigenvalue weighted by Gasteiger charge is 2.25. The van der Waals surface area contributed by atoms with E-state index in [-0.39, 0.29) is 35.3 Å². The van der Waals surface area contributed by atoms with E-state index in [4.69, 9.17) is 30.5 Å². The van der Waals surface area contributed by atoms with Crippen LogP contribution in [0.4, 0.5) is 0 Å². The molecule has 0 spiro atoms. The molecule has 0 unspecified atom stereocenters.